The average Bonchev–Trinajstić information content (AvgIpc) is 2.73. The van der Waals surface area contributed by atoms with Crippen LogP contribution < -0.4 is 5.32 Å². The summed E-state index contributed by atoms with van der Waals surface area (Å²) in [5, 5.41) is 4.19. The van der Waals surface area contributed by atoms with E-state index in [2.05, 4.69) is 5.32 Å². The van der Waals surface area contributed by atoms with Crippen molar-refractivity contribution >= 4 is 56.4 Å². The van der Waals surface area contributed by atoms with Gasteiger partial charge >= 0.3 is 0 Å². The molecule has 31 heavy (non-hydrogen) atoms. The average molecular weight is 498 g/mol. The first-order valence-electron chi connectivity index (χ1n) is 9.22. The number of nitrogens with one attached hydrogen (secondary N) is 1. The summed E-state index contributed by atoms with van der Waals surface area (Å²) in [6.45, 7) is 1.37. The highest BCUT2D eigenvalue weighted by Crippen LogP contribution is 2.24. The van der Waals surface area contributed by atoms with Crippen LogP contribution in [0.1, 0.15) is 11.1 Å². The van der Waals surface area contributed by atoms with Crippen LogP contribution in [0.5, 0.6) is 0 Å². The molecule has 1 amide bonds. The maximum atomic E-state index is 13.3. The molecule has 0 unspecified atom stereocenters. The van der Waals surface area contributed by atoms with Gasteiger partial charge in [-0.1, -0.05) is 53.0 Å². The van der Waals surface area contributed by atoms with Crippen molar-refractivity contribution in [2.45, 2.75) is 18.4 Å². The second kappa shape index (κ2) is 10.0. The topological polar surface area (TPSA) is 66.5 Å². The first kappa shape index (κ1) is 23.6. The van der Waals surface area contributed by atoms with Crippen LogP contribution in [0.25, 0.3) is 0 Å². The van der Waals surface area contributed by atoms with Crippen molar-refractivity contribution in [3.8, 4) is 0 Å². The van der Waals surface area contributed by atoms with Gasteiger partial charge in [0.2, 0.25) is 15.9 Å². The van der Waals surface area contributed by atoms with Crippen molar-refractivity contribution in [2.24, 2.45) is 0 Å². The largest absolute Gasteiger partial charge is 0.325 e. The monoisotopic (exact) mass is 496 g/mol. The Hall–Kier alpha value is -2.09. The van der Waals surface area contributed by atoms with E-state index in [0.29, 0.717) is 31.9 Å². The molecule has 3 aromatic rings. The van der Waals surface area contributed by atoms with Gasteiger partial charge in [0.1, 0.15) is 0 Å². The Bertz CT molecular complexity index is 1180. The number of benzene rings is 3. The first-order valence-corrected chi connectivity index (χ1v) is 11.8. The Morgan fingerprint density at radius 3 is 2.10 bits per heavy atom. The highest BCUT2D eigenvalue weighted by atomic mass is 35.5. The van der Waals surface area contributed by atoms with Crippen LogP contribution in [-0.4, -0.2) is 25.2 Å². The lowest BCUT2D eigenvalue weighted by molar-refractivity contribution is -0.116. The van der Waals surface area contributed by atoms with Crippen molar-refractivity contribution < 1.29 is 13.2 Å². The third kappa shape index (κ3) is 5.99. The minimum absolute atomic E-state index is 0.00984. The number of nitrogens with zero attached hydrogens (tertiary/aromatic N) is 1. The minimum Gasteiger partial charge on any atom is -0.325 e. The fourth-order valence-electron chi connectivity index (χ4n) is 2.87. The third-order valence-corrected chi connectivity index (χ3v) is 7.30. The molecule has 0 radical (unpaired) electrons. The number of carbonyl (C=O) groups is 1. The molecule has 1 N–H and O–H groups in total. The molecule has 9 heteroatoms. The molecule has 0 aliphatic rings. The standard InChI is InChI=1S/C22H19Cl3N2O3S/c1-15-20(25)3-2-4-21(15)26-22(28)14-27(13-16-5-7-17(23)8-6-16)31(29,30)19-11-9-18(24)10-12-19/h2-12H,13-14H2,1H3,(H,26,28). The van der Waals surface area contributed by atoms with E-state index in [1.165, 1.54) is 24.3 Å². The Kier molecular flexibility index (Phi) is 7.62. The number of halogens is 3. The second-order valence-corrected chi connectivity index (χ2v) is 10.0. The lowest BCUT2D eigenvalue weighted by Crippen LogP contribution is -2.37. The Morgan fingerprint density at radius 2 is 1.48 bits per heavy atom. The van der Waals surface area contributed by atoms with Gasteiger partial charge in [-0.05, 0) is 66.6 Å². The molecule has 0 fully saturated rings. The van der Waals surface area contributed by atoms with E-state index >= 15 is 0 Å². The van der Waals surface area contributed by atoms with Crippen LogP contribution in [0, 0.1) is 6.92 Å². The zero-order chi connectivity index (χ0) is 22.6. The molecule has 3 aromatic carbocycles. The normalized spacial score (nSPS) is 11.5. The zero-order valence-electron chi connectivity index (χ0n) is 16.5. The Morgan fingerprint density at radius 1 is 0.903 bits per heavy atom. The maximum absolute atomic E-state index is 13.3. The van der Waals surface area contributed by atoms with Crippen molar-refractivity contribution in [1.82, 2.24) is 4.31 Å². The predicted molar refractivity (Wildman–Crippen MR) is 125 cm³/mol. The summed E-state index contributed by atoms with van der Waals surface area (Å²) < 4.78 is 27.7. The van der Waals surface area contributed by atoms with Crippen LogP contribution in [0.2, 0.25) is 15.1 Å². The molecule has 0 atom stereocenters. The van der Waals surface area contributed by atoms with E-state index < -0.39 is 15.9 Å². The van der Waals surface area contributed by atoms with E-state index in [9.17, 15) is 13.2 Å². The molecular formula is C22H19Cl3N2O3S. The first-order chi connectivity index (χ1) is 14.7. The van der Waals surface area contributed by atoms with E-state index in [0.717, 1.165) is 4.31 Å². The Labute approximate surface area is 196 Å². The lowest BCUT2D eigenvalue weighted by Gasteiger charge is -2.22. The smallest absolute Gasteiger partial charge is 0.243 e. The number of sulfonamides is 1. The molecule has 3 rings (SSSR count). The van der Waals surface area contributed by atoms with Gasteiger partial charge in [0.25, 0.3) is 0 Å². The van der Waals surface area contributed by atoms with E-state index in [-0.39, 0.29) is 18.0 Å². The quantitative estimate of drug-likeness (QED) is 0.449. The van der Waals surface area contributed by atoms with E-state index in [1.54, 1.807) is 49.4 Å². The fourth-order valence-corrected chi connectivity index (χ4v) is 4.68. The number of rotatable bonds is 7. The van der Waals surface area contributed by atoms with Crippen molar-refractivity contribution in [1.29, 1.82) is 0 Å². The van der Waals surface area contributed by atoms with Crippen LogP contribution in [0.3, 0.4) is 0 Å². The number of hydrogen-bond donors (Lipinski definition) is 1. The third-order valence-electron chi connectivity index (χ3n) is 4.59. The molecule has 0 bridgehead atoms. The molecular weight excluding hydrogens is 479 g/mol. The highest BCUT2D eigenvalue weighted by molar-refractivity contribution is 7.89. The number of hydrogen-bond acceptors (Lipinski definition) is 3. The molecule has 0 spiro atoms. The predicted octanol–water partition coefficient (Wildman–Crippen LogP) is 5.78. The minimum atomic E-state index is -3.98. The summed E-state index contributed by atoms with van der Waals surface area (Å²) in [5.41, 5.74) is 1.91. The number of anilines is 1. The summed E-state index contributed by atoms with van der Waals surface area (Å²) in [6.07, 6.45) is 0. The molecule has 0 aromatic heterocycles. The van der Waals surface area contributed by atoms with Crippen molar-refractivity contribution in [3.05, 3.63) is 92.9 Å². The summed E-state index contributed by atoms with van der Waals surface area (Å²) in [5.74, 6) is -0.489. The van der Waals surface area contributed by atoms with Crippen molar-refractivity contribution in [3.63, 3.8) is 0 Å². The fraction of sp³-hybridized carbons (Fsp3) is 0.136. The van der Waals surface area contributed by atoms with Gasteiger partial charge in [0.15, 0.2) is 0 Å². The van der Waals surface area contributed by atoms with Gasteiger partial charge in [-0.3, -0.25) is 4.79 Å². The summed E-state index contributed by atoms with van der Waals surface area (Å²) >= 11 is 17.9. The maximum Gasteiger partial charge on any atom is 0.243 e. The lowest BCUT2D eigenvalue weighted by atomic mass is 10.2. The molecule has 0 saturated carbocycles. The molecule has 0 aliphatic heterocycles. The Balaban J connectivity index is 1.89. The SMILES string of the molecule is Cc1c(Cl)cccc1NC(=O)CN(Cc1ccc(Cl)cc1)S(=O)(=O)c1ccc(Cl)cc1. The van der Waals surface area contributed by atoms with E-state index in [4.69, 9.17) is 34.8 Å². The van der Waals surface area contributed by atoms with Crippen LogP contribution in [0.15, 0.2) is 71.6 Å². The molecule has 5 nitrogen and oxygen atoms in total. The number of carbonyl (C=O) groups excluding carboxylic acids is 1. The summed E-state index contributed by atoms with van der Waals surface area (Å²) in [4.78, 5) is 12.8. The molecule has 0 heterocycles. The summed E-state index contributed by atoms with van der Waals surface area (Å²) in [7, 11) is -3.98. The zero-order valence-corrected chi connectivity index (χ0v) is 19.6. The van der Waals surface area contributed by atoms with Crippen LogP contribution >= 0.6 is 34.8 Å². The number of amides is 1. The molecule has 162 valence electrons. The summed E-state index contributed by atoms with van der Waals surface area (Å²) in [6, 6.07) is 17.7. The van der Waals surface area contributed by atoms with Crippen molar-refractivity contribution in [2.75, 3.05) is 11.9 Å². The van der Waals surface area contributed by atoms with Crippen LogP contribution in [0.4, 0.5) is 5.69 Å². The highest BCUT2D eigenvalue weighted by Gasteiger charge is 2.27. The van der Waals surface area contributed by atoms with Gasteiger partial charge in [-0.15, -0.1) is 0 Å². The second-order valence-electron chi connectivity index (χ2n) is 6.81. The molecule has 0 saturated heterocycles. The van der Waals surface area contributed by atoms with Gasteiger partial charge in [-0.25, -0.2) is 8.42 Å². The molecule has 0 aliphatic carbocycles. The van der Waals surface area contributed by atoms with E-state index in [1.807, 2.05) is 0 Å². The van der Waals surface area contributed by atoms with Crippen LogP contribution in [-0.2, 0) is 21.4 Å². The van der Waals surface area contributed by atoms with Gasteiger partial charge in [-0.2, -0.15) is 4.31 Å². The van der Waals surface area contributed by atoms with Gasteiger partial charge < -0.3 is 5.32 Å². The van der Waals surface area contributed by atoms with Gasteiger partial charge in [0.05, 0.1) is 11.4 Å². The van der Waals surface area contributed by atoms with Gasteiger partial charge in [0, 0.05) is 27.3 Å².